The van der Waals surface area contributed by atoms with E-state index in [4.69, 9.17) is 0 Å². The molecule has 0 radical (unpaired) electrons. The summed E-state index contributed by atoms with van der Waals surface area (Å²) in [5.74, 6) is 0.0471. The highest BCUT2D eigenvalue weighted by atomic mass is 32.2. The minimum Gasteiger partial charge on any atom is -0.324 e. The molecule has 7 heteroatoms. The Kier molecular flexibility index (Phi) is 4.45. The molecule has 3 aromatic rings. The molecule has 4 rings (SSSR count). The van der Waals surface area contributed by atoms with Crippen LogP contribution in [0.2, 0.25) is 0 Å². The van der Waals surface area contributed by atoms with E-state index in [0.29, 0.717) is 11.4 Å². The Bertz CT molecular complexity index is 956. The lowest BCUT2D eigenvalue weighted by atomic mass is 10.2. The number of amides is 2. The van der Waals surface area contributed by atoms with Gasteiger partial charge in [0.25, 0.3) is 0 Å². The maximum absolute atomic E-state index is 12.5. The number of nitrogens with one attached hydrogen (secondary N) is 1. The maximum Gasteiger partial charge on any atom is 0.244 e. The third-order valence-electron chi connectivity index (χ3n) is 4.01. The summed E-state index contributed by atoms with van der Waals surface area (Å²) in [5.41, 5.74) is 2.30. The van der Waals surface area contributed by atoms with Crippen LogP contribution in [0.5, 0.6) is 0 Å². The third-order valence-corrected chi connectivity index (χ3v) is 5.06. The fourth-order valence-corrected chi connectivity index (χ4v) is 3.75. The van der Waals surface area contributed by atoms with Gasteiger partial charge in [0.1, 0.15) is 6.54 Å². The van der Waals surface area contributed by atoms with Gasteiger partial charge < -0.3 is 10.2 Å². The Labute approximate surface area is 154 Å². The molecule has 1 aliphatic rings. The number of hydrogen-bond acceptors (Lipinski definition) is 4. The molecule has 1 aliphatic heterocycles. The molecule has 0 aliphatic carbocycles. The van der Waals surface area contributed by atoms with Gasteiger partial charge in [-0.1, -0.05) is 18.2 Å². The molecule has 0 bridgehead atoms. The van der Waals surface area contributed by atoms with Crippen LogP contribution in [0.25, 0.3) is 5.69 Å². The number of fused-ring (bicyclic) bond motifs is 1. The van der Waals surface area contributed by atoms with Crippen LogP contribution < -0.4 is 10.2 Å². The number of aromatic nitrogens is 2. The van der Waals surface area contributed by atoms with Gasteiger partial charge in [-0.05, 0) is 36.4 Å². The summed E-state index contributed by atoms with van der Waals surface area (Å²) in [4.78, 5) is 27.3. The third kappa shape index (κ3) is 3.34. The van der Waals surface area contributed by atoms with Crippen molar-refractivity contribution in [3.8, 4) is 5.69 Å². The van der Waals surface area contributed by atoms with E-state index >= 15 is 0 Å². The summed E-state index contributed by atoms with van der Waals surface area (Å²) in [6.45, 7) is -0.0115. The summed E-state index contributed by atoms with van der Waals surface area (Å²) in [5, 5.41) is 7.05. The molecule has 1 aromatic heterocycles. The quantitative estimate of drug-likeness (QED) is 0.773. The molecule has 0 spiro atoms. The first-order valence-electron chi connectivity index (χ1n) is 8.13. The average molecular weight is 364 g/mol. The minimum absolute atomic E-state index is 0.0115. The maximum atomic E-state index is 12.5. The van der Waals surface area contributed by atoms with Crippen LogP contribution in [-0.4, -0.2) is 33.9 Å². The number of anilines is 2. The smallest absolute Gasteiger partial charge is 0.244 e. The molecule has 2 heterocycles. The normalized spacial score (nSPS) is 13.4. The lowest BCUT2D eigenvalue weighted by Crippen LogP contribution is -2.41. The van der Waals surface area contributed by atoms with Crippen LogP contribution in [0.1, 0.15) is 0 Å². The van der Waals surface area contributed by atoms with Gasteiger partial charge in [0, 0.05) is 23.0 Å². The van der Waals surface area contributed by atoms with Crippen molar-refractivity contribution in [2.24, 2.45) is 0 Å². The predicted molar refractivity (Wildman–Crippen MR) is 102 cm³/mol. The molecule has 0 saturated carbocycles. The first kappa shape index (κ1) is 16.4. The first-order valence-corrected chi connectivity index (χ1v) is 9.11. The number of carbonyl (C=O) groups excluding carboxylic acids is 2. The van der Waals surface area contributed by atoms with Gasteiger partial charge in [0.05, 0.1) is 17.1 Å². The standard InChI is InChI=1S/C19H16N4O2S/c24-18(12-22-16-7-1-2-8-17(16)26-13-19(22)25)21-14-5-3-6-15(11-14)23-10-4-9-20-23/h1-11H,12-13H2,(H,21,24). The summed E-state index contributed by atoms with van der Waals surface area (Å²) in [7, 11) is 0. The van der Waals surface area contributed by atoms with Crippen molar-refractivity contribution >= 4 is 35.0 Å². The Balaban J connectivity index is 1.50. The van der Waals surface area contributed by atoms with E-state index in [9.17, 15) is 9.59 Å². The van der Waals surface area contributed by atoms with Crippen molar-refractivity contribution in [3.05, 3.63) is 67.0 Å². The van der Waals surface area contributed by atoms with Crippen LogP contribution in [0.15, 0.2) is 71.9 Å². The highest BCUT2D eigenvalue weighted by Gasteiger charge is 2.26. The lowest BCUT2D eigenvalue weighted by molar-refractivity contribution is -0.120. The second-order valence-electron chi connectivity index (χ2n) is 5.79. The van der Waals surface area contributed by atoms with E-state index in [0.717, 1.165) is 16.3 Å². The molecule has 0 fully saturated rings. The van der Waals surface area contributed by atoms with Gasteiger partial charge in [-0.15, -0.1) is 11.8 Å². The van der Waals surface area contributed by atoms with Crippen molar-refractivity contribution in [3.63, 3.8) is 0 Å². The highest BCUT2D eigenvalue weighted by Crippen LogP contribution is 2.34. The molecule has 26 heavy (non-hydrogen) atoms. The summed E-state index contributed by atoms with van der Waals surface area (Å²) in [6.07, 6.45) is 3.53. The van der Waals surface area contributed by atoms with Crippen LogP contribution in [-0.2, 0) is 9.59 Å². The van der Waals surface area contributed by atoms with Crippen molar-refractivity contribution in [2.45, 2.75) is 4.90 Å². The van der Waals surface area contributed by atoms with Crippen LogP contribution in [0, 0.1) is 0 Å². The van der Waals surface area contributed by atoms with Gasteiger partial charge in [0.15, 0.2) is 0 Å². The zero-order valence-electron chi connectivity index (χ0n) is 13.8. The Hall–Kier alpha value is -3.06. The van der Waals surface area contributed by atoms with E-state index in [2.05, 4.69) is 10.4 Å². The largest absolute Gasteiger partial charge is 0.324 e. The first-order chi connectivity index (χ1) is 12.7. The van der Waals surface area contributed by atoms with Crippen LogP contribution in [0.3, 0.4) is 0 Å². The average Bonchev–Trinajstić information content (AvgIpc) is 3.19. The Morgan fingerprint density at radius 3 is 2.88 bits per heavy atom. The monoisotopic (exact) mass is 364 g/mol. The van der Waals surface area contributed by atoms with E-state index in [1.807, 2.05) is 60.8 Å². The number of rotatable bonds is 4. The molecule has 1 N–H and O–H groups in total. The van der Waals surface area contributed by atoms with Gasteiger partial charge >= 0.3 is 0 Å². The molecule has 6 nitrogen and oxygen atoms in total. The van der Waals surface area contributed by atoms with Crippen molar-refractivity contribution in [1.82, 2.24) is 9.78 Å². The van der Waals surface area contributed by atoms with Gasteiger partial charge in [-0.25, -0.2) is 4.68 Å². The molecule has 0 saturated heterocycles. The second-order valence-corrected chi connectivity index (χ2v) is 6.80. The van der Waals surface area contributed by atoms with E-state index < -0.39 is 0 Å². The number of nitrogens with zero attached hydrogens (tertiary/aromatic N) is 3. The molecule has 2 aromatic carbocycles. The molecular formula is C19H16N4O2S. The van der Waals surface area contributed by atoms with E-state index in [1.165, 1.54) is 11.8 Å². The summed E-state index contributed by atoms with van der Waals surface area (Å²) >= 11 is 1.50. The molecule has 0 atom stereocenters. The SMILES string of the molecule is O=C(CN1C(=O)CSc2ccccc21)Nc1cccc(-n2cccn2)c1. The van der Waals surface area contributed by atoms with Gasteiger partial charge in [-0.3, -0.25) is 9.59 Å². The molecular weight excluding hydrogens is 348 g/mol. The Morgan fingerprint density at radius 2 is 2.04 bits per heavy atom. The predicted octanol–water partition coefficient (Wildman–Crippen LogP) is 2.95. The topological polar surface area (TPSA) is 67.2 Å². The zero-order valence-corrected chi connectivity index (χ0v) is 14.6. The Morgan fingerprint density at radius 1 is 1.15 bits per heavy atom. The molecule has 0 unspecified atom stereocenters. The van der Waals surface area contributed by atoms with Crippen molar-refractivity contribution in [1.29, 1.82) is 0 Å². The number of para-hydroxylation sites is 1. The van der Waals surface area contributed by atoms with E-state index in [1.54, 1.807) is 15.8 Å². The van der Waals surface area contributed by atoms with Crippen LogP contribution >= 0.6 is 11.8 Å². The number of hydrogen-bond donors (Lipinski definition) is 1. The fourth-order valence-electron chi connectivity index (χ4n) is 2.82. The fraction of sp³-hybridized carbons (Fsp3) is 0.105. The molecule has 130 valence electrons. The minimum atomic E-state index is -0.238. The lowest BCUT2D eigenvalue weighted by Gasteiger charge is -2.28. The summed E-state index contributed by atoms with van der Waals surface area (Å²) in [6, 6.07) is 16.9. The number of benzene rings is 2. The second kappa shape index (κ2) is 7.05. The zero-order chi connectivity index (χ0) is 17.9. The van der Waals surface area contributed by atoms with Gasteiger partial charge in [0.2, 0.25) is 11.8 Å². The van der Waals surface area contributed by atoms with Crippen LogP contribution in [0.4, 0.5) is 11.4 Å². The molecule has 2 amide bonds. The van der Waals surface area contributed by atoms with E-state index in [-0.39, 0.29) is 18.4 Å². The number of thioether (sulfide) groups is 1. The highest BCUT2D eigenvalue weighted by molar-refractivity contribution is 8.00. The van der Waals surface area contributed by atoms with Crippen molar-refractivity contribution < 1.29 is 9.59 Å². The van der Waals surface area contributed by atoms with Gasteiger partial charge in [-0.2, -0.15) is 5.10 Å². The number of carbonyl (C=O) groups is 2. The van der Waals surface area contributed by atoms with Crippen molar-refractivity contribution in [2.75, 3.05) is 22.5 Å². The summed E-state index contributed by atoms with van der Waals surface area (Å²) < 4.78 is 1.72.